The minimum absolute atomic E-state index is 0.139. The first-order valence-electron chi connectivity index (χ1n) is 8.13. The average Bonchev–Trinajstić information content (AvgIpc) is 3.03. The third-order valence-electron chi connectivity index (χ3n) is 3.55. The number of methoxy groups -OCH3 is 2. The van der Waals surface area contributed by atoms with Crippen molar-refractivity contribution in [2.45, 2.75) is 20.3 Å². The summed E-state index contributed by atoms with van der Waals surface area (Å²) in [6, 6.07) is 5.48. The largest absolute Gasteiger partial charge is 0.493 e. The molecule has 0 radical (unpaired) electrons. The van der Waals surface area contributed by atoms with Crippen molar-refractivity contribution in [1.29, 1.82) is 0 Å². The molecule has 0 saturated carbocycles. The number of benzene rings is 1. The minimum atomic E-state index is -0.333. The van der Waals surface area contributed by atoms with Gasteiger partial charge < -0.3 is 19.5 Å². The normalized spacial score (nSPS) is 10.3. The summed E-state index contributed by atoms with van der Waals surface area (Å²) in [6.07, 6.45) is 0.139. The van der Waals surface area contributed by atoms with E-state index in [4.69, 9.17) is 14.2 Å². The molecule has 1 aromatic carbocycles. The fourth-order valence-electron chi connectivity index (χ4n) is 2.29. The first kappa shape index (κ1) is 19.7. The van der Waals surface area contributed by atoms with Crippen molar-refractivity contribution in [1.82, 2.24) is 10.3 Å². The molecule has 1 aromatic heterocycles. The van der Waals surface area contributed by atoms with Crippen LogP contribution in [0.5, 0.6) is 11.5 Å². The van der Waals surface area contributed by atoms with Crippen molar-refractivity contribution < 1.29 is 23.8 Å². The zero-order valence-corrected chi connectivity index (χ0v) is 16.1. The second kappa shape index (κ2) is 9.19. The Kier molecular flexibility index (Phi) is 6.97. The number of esters is 1. The van der Waals surface area contributed by atoms with Crippen molar-refractivity contribution in [3.8, 4) is 22.1 Å². The number of hydrogen-bond donors (Lipinski definition) is 1. The van der Waals surface area contributed by atoms with E-state index in [0.29, 0.717) is 33.7 Å². The lowest BCUT2D eigenvalue weighted by atomic mass is 10.2. The molecule has 1 heterocycles. The lowest BCUT2D eigenvalue weighted by Crippen LogP contribution is -2.26. The summed E-state index contributed by atoms with van der Waals surface area (Å²) in [6.45, 7) is 4.07. The number of amides is 1. The van der Waals surface area contributed by atoms with E-state index in [-0.39, 0.29) is 24.8 Å². The summed E-state index contributed by atoms with van der Waals surface area (Å²) in [7, 11) is 3.14. The number of aryl methyl sites for hydroxylation is 1. The Hall–Kier alpha value is -2.61. The van der Waals surface area contributed by atoms with Crippen molar-refractivity contribution in [3.63, 3.8) is 0 Å². The summed E-state index contributed by atoms with van der Waals surface area (Å²) in [5, 5.41) is 3.43. The molecule has 0 fully saturated rings. The number of ether oxygens (including phenoxy) is 3. The van der Waals surface area contributed by atoms with Gasteiger partial charge in [-0.25, -0.2) is 4.98 Å². The Labute approximate surface area is 156 Å². The predicted molar refractivity (Wildman–Crippen MR) is 99.0 cm³/mol. The highest BCUT2D eigenvalue weighted by Gasteiger charge is 2.17. The molecule has 0 spiro atoms. The highest BCUT2D eigenvalue weighted by Crippen LogP contribution is 2.34. The van der Waals surface area contributed by atoms with Crippen LogP contribution in [-0.2, 0) is 9.53 Å². The molecule has 26 heavy (non-hydrogen) atoms. The van der Waals surface area contributed by atoms with Crippen LogP contribution in [0.1, 0.15) is 28.7 Å². The molecule has 2 aromatic rings. The molecule has 0 aliphatic rings. The molecule has 0 aliphatic heterocycles. The van der Waals surface area contributed by atoms with Gasteiger partial charge in [0, 0.05) is 12.1 Å². The smallest absolute Gasteiger partial charge is 0.307 e. The maximum Gasteiger partial charge on any atom is 0.307 e. The number of carbonyl (C=O) groups excluding carboxylic acids is 2. The van der Waals surface area contributed by atoms with E-state index in [1.165, 1.54) is 11.3 Å². The topological polar surface area (TPSA) is 86.8 Å². The zero-order valence-electron chi connectivity index (χ0n) is 15.3. The standard InChI is InChI=1S/C18H22N2O5S/c1-5-25-15(21)8-9-19-17(22)16-11(2)20-18(26-16)12-6-7-13(23-3)14(10-12)24-4/h6-7,10H,5,8-9H2,1-4H3,(H,19,22). The van der Waals surface area contributed by atoms with Gasteiger partial charge in [0.15, 0.2) is 11.5 Å². The molecule has 2 rings (SSSR count). The molecular weight excluding hydrogens is 356 g/mol. The van der Waals surface area contributed by atoms with E-state index in [1.54, 1.807) is 34.1 Å². The highest BCUT2D eigenvalue weighted by atomic mass is 32.1. The molecule has 0 unspecified atom stereocenters. The maximum atomic E-state index is 12.3. The van der Waals surface area contributed by atoms with Crippen LogP contribution in [0.3, 0.4) is 0 Å². The summed E-state index contributed by atoms with van der Waals surface area (Å²) in [5.41, 5.74) is 1.47. The van der Waals surface area contributed by atoms with E-state index in [0.717, 1.165) is 5.56 Å². The third kappa shape index (κ3) is 4.72. The first-order valence-corrected chi connectivity index (χ1v) is 8.95. The lowest BCUT2D eigenvalue weighted by molar-refractivity contribution is -0.142. The highest BCUT2D eigenvalue weighted by molar-refractivity contribution is 7.17. The van der Waals surface area contributed by atoms with E-state index >= 15 is 0 Å². The summed E-state index contributed by atoms with van der Waals surface area (Å²) < 4.78 is 15.4. The molecule has 0 atom stereocenters. The van der Waals surface area contributed by atoms with Crippen LogP contribution >= 0.6 is 11.3 Å². The van der Waals surface area contributed by atoms with Crippen molar-refractivity contribution in [3.05, 3.63) is 28.8 Å². The van der Waals surface area contributed by atoms with Crippen LogP contribution < -0.4 is 14.8 Å². The Bertz CT molecular complexity index is 788. The van der Waals surface area contributed by atoms with Crippen LogP contribution in [0.15, 0.2) is 18.2 Å². The van der Waals surface area contributed by atoms with E-state index in [1.807, 2.05) is 12.1 Å². The number of nitrogens with one attached hydrogen (secondary N) is 1. The van der Waals surface area contributed by atoms with E-state index in [9.17, 15) is 9.59 Å². The number of hydrogen-bond acceptors (Lipinski definition) is 7. The van der Waals surface area contributed by atoms with E-state index in [2.05, 4.69) is 10.3 Å². The molecule has 7 nitrogen and oxygen atoms in total. The monoisotopic (exact) mass is 378 g/mol. The quantitative estimate of drug-likeness (QED) is 0.711. The van der Waals surface area contributed by atoms with Gasteiger partial charge in [-0.15, -0.1) is 11.3 Å². The number of thiazole rings is 1. The van der Waals surface area contributed by atoms with Crippen molar-refractivity contribution in [2.75, 3.05) is 27.4 Å². The van der Waals surface area contributed by atoms with Crippen LogP contribution in [0.4, 0.5) is 0 Å². The summed E-state index contributed by atoms with van der Waals surface area (Å²) >= 11 is 1.29. The molecule has 1 N–H and O–H groups in total. The fraction of sp³-hybridized carbons (Fsp3) is 0.389. The Morgan fingerprint density at radius 1 is 1.19 bits per heavy atom. The fourth-order valence-corrected chi connectivity index (χ4v) is 3.27. The Balaban J connectivity index is 2.11. The second-order valence-electron chi connectivity index (χ2n) is 5.31. The minimum Gasteiger partial charge on any atom is -0.493 e. The van der Waals surface area contributed by atoms with Gasteiger partial charge in [0.05, 0.1) is 32.9 Å². The lowest BCUT2D eigenvalue weighted by Gasteiger charge is -2.08. The molecule has 0 aliphatic carbocycles. The van der Waals surface area contributed by atoms with Gasteiger partial charge in [-0.2, -0.15) is 0 Å². The van der Waals surface area contributed by atoms with Gasteiger partial charge in [0.2, 0.25) is 0 Å². The molecule has 140 valence electrons. The van der Waals surface area contributed by atoms with Crippen LogP contribution in [0, 0.1) is 6.92 Å². The van der Waals surface area contributed by atoms with Crippen molar-refractivity contribution in [2.24, 2.45) is 0 Å². The van der Waals surface area contributed by atoms with Gasteiger partial charge >= 0.3 is 5.97 Å². The second-order valence-corrected chi connectivity index (χ2v) is 6.31. The Morgan fingerprint density at radius 3 is 2.58 bits per heavy atom. The maximum absolute atomic E-state index is 12.3. The van der Waals surface area contributed by atoms with E-state index < -0.39 is 0 Å². The van der Waals surface area contributed by atoms with Crippen LogP contribution in [0.2, 0.25) is 0 Å². The van der Waals surface area contributed by atoms with Gasteiger partial charge in [-0.05, 0) is 32.0 Å². The third-order valence-corrected chi connectivity index (χ3v) is 4.76. The molecule has 8 heteroatoms. The molecular formula is C18H22N2O5S. The Morgan fingerprint density at radius 2 is 1.92 bits per heavy atom. The van der Waals surface area contributed by atoms with Crippen LogP contribution in [-0.4, -0.2) is 44.2 Å². The zero-order chi connectivity index (χ0) is 19.1. The predicted octanol–water partition coefficient (Wildman–Crippen LogP) is 2.82. The number of nitrogens with zero attached hydrogens (tertiary/aromatic N) is 1. The molecule has 0 saturated heterocycles. The average molecular weight is 378 g/mol. The van der Waals surface area contributed by atoms with Gasteiger partial charge in [-0.3, -0.25) is 9.59 Å². The van der Waals surface area contributed by atoms with Gasteiger partial charge in [0.25, 0.3) is 5.91 Å². The first-order chi connectivity index (χ1) is 12.5. The summed E-state index contributed by atoms with van der Waals surface area (Å²) in [4.78, 5) is 28.6. The van der Waals surface area contributed by atoms with Crippen LogP contribution in [0.25, 0.3) is 10.6 Å². The number of rotatable bonds is 8. The number of aromatic nitrogens is 1. The van der Waals surface area contributed by atoms with Crippen molar-refractivity contribution >= 4 is 23.2 Å². The molecule has 0 bridgehead atoms. The summed E-state index contributed by atoms with van der Waals surface area (Å²) in [5.74, 6) is 0.635. The molecule has 1 amide bonds. The van der Waals surface area contributed by atoms with Gasteiger partial charge in [0.1, 0.15) is 9.88 Å². The SMILES string of the molecule is CCOC(=O)CCNC(=O)c1sc(-c2ccc(OC)c(OC)c2)nc1C. The number of carbonyl (C=O) groups is 2. The van der Waals surface area contributed by atoms with Gasteiger partial charge in [-0.1, -0.05) is 0 Å².